The third-order valence-corrected chi connectivity index (χ3v) is 5.64. The molecule has 0 aliphatic heterocycles. The Morgan fingerprint density at radius 3 is 2.76 bits per heavy atom. The zero-order valence-corrected chi connectivity index (χ0v) is 12.7. The Kier molecular flexibility index (Phi) is 4.26. The molecule has 94 valence electrons. The van der Waals surface area contributed by atoms with E-state index in [1.54, 1.807) is 0 Å². The van der Waals surface area contributed by atoms with Crippen molar-refractivity contribution in [2.75, 3.05) is 0 Å². The molecule has 0 radical (unpaired) electrons. The average Bonchev–Trinajstić information content (AvgIpc) is 2.63. The van der Waals surface area contributed by atoms with E-state index >= 15 is 0 Å². The summed E-state index contributed by atoms with van der Waals surface area (Å²) in [7, 11) is 0. The molecule has 2 atom stereocenters. The highest BCUT2D eigenvalue weighted by Gasteiger charge is 2.23. The van der Waals surface area contributed by atoms with E-state index in [0.717, 1.165) is 20.6 Å². The maximum Gasteiger partial charge on any atom is 0.261 e. The highest BCUT2D eigenvalue weighted by atomic mass is 79.9. The SMILES string of the molecule is Cc1cc(C(=O)NC2CCCCC2C)sc1Br. The first-order valence-corrected chi connectivity index (χ1v) is 7.75. The van der Waals surface area contributed by atoms with E-state index in [0.29, 0.717) is 12.0 Å². The van der Waals surface area contributed by atoms with Gasteiger partial charge in [-0.15, -0.1) is 11.3 Å². The molecule has 1 aromatic heterocycles. The van der Waals surface area contributed by atoms with E-state index in [1.807, 2.05) is 13.0 Å². The van der Waals surface area contributed by atoms with Crippen LogP contribution >= 0.6 is 27.3 Å². The van der Waals surface area contributed by atoms with Gasteiger partial charge in [0.05, 0.1) is 8.66 Å². The van der Waals surface area contributed by atoms with E-state index < -0.39 is 0 Å². The molecule has 1 aliphatic carbocycles. The summed E-state index contributed by atoms with van der Waals surface area (Å²) >= 11 is 4.98. The van der Waals surface area contributed by atoms with Crippen molar-refractivity contribution in [2.45, 2.75) is 45.6 Å². The van der Waals surface area contributed by atoms with Gasteiger partial charge in [0.1, 0.15) is 0 Å². The number of rotatable bonds is 2. The number of hydrogen-bond acceptors (Lipinski definition) is 2. The van der Waals surface area contributed by atoms with Crippen LogP contribution in [-0.2, 0) is 0 Å². The predicted molar refractivity (Wildman–Crippen MR) is 75.6 cm³/mol. The monoisotopic (exact) mass is 315 g/mol. The fourth-order valence-electron chi connectivity index (χ4n) is 2.34. The summed E-state index contributed by atoms with van der Waals surface area (Å²) in [5.41, 5.74) is 1.14. The van der Waals surface area contributed by atoms with Gasteiger partial charge in [-0.05, 0) is 53.2 Å². The minimum absolute atomic E-state index is 0.0857. The molecule has 1 amide bonds. The lowest BCUT2D eigenvalue weighted by Crippen LogP contribution is -2.40. The van der Waals surface area contributed by atoms with Gasteiger partial charge < -0.3 is 5.32 Å². The molecule has 0 bridgehead atoms. The van der Waals surface area contributed by atoms with Crippen LogP contribution in [-0.4, -0.2) is 11.9 Å². The van der Waals surface area contributed by atoms with Crippen LogP contribution in [0, 0.1) is 12.8 Å². The Labute approximate surface area is 115 Å². The molecule has 2 nitrogen and oxygen atoms in total. The summed E-state index contributed by atoms with van der Waals surface area (Å²) in [4.78, 5) is 12.9. The van der Waals surface area contributed by atoms with Crippen molar-refractivity contribution in [3.63, 3.8) is 0 Å². The second-order valence-electron chi connectivity index (χ2n) is 4.91. The fraction of sp³-hybridized carbons (Fsp3) is 0.615. The number of carbonyl (C=O) groups excluding carboxylic acids is 1. The lowest BCUT2D eigenvalue weighted by atomic mass is 9.86. The van der Waals surface area contributed by atoms with Gasteiger partial charge in [0.15, 0.2) is 0 Å². The van der Waals surface area contributed by atoms with Crippen molar-refractivity contribution in [2.24, 2.45) is 5.92 Å². The van der Waals surface area contributed by atoms with Gasteiger partial charge in [0, 0.05) is 6.04 Å². The highest BCUT2D eigenvalue weighted by Crippen LogP contribution is 2.28. The van der Waals surface area contributed by atoms with E-state index in [4.69, 9.17) is 0 Å². The fourth-order valence-corrected chi connectivity index (χ4v) is 3.78. The quantitative estimate of drug-likeness (QED) is 0.873. The number of halogens is 1. The summed E-state index contributed by atoms with van der Waals surface area (Å²) in [6.45, 7) is 4.25. The Bertz CT molecular complexity index is 396. The molecule has 1 aromatic rings. The first-order valence-electron chi connectivity index (χ1n) is 6.14. The molecule has 1 N–H and O–H groups in total. The number of carbonyl (C=O) groups is 1. The van der Waals surface area contributed by atoms with Crippen LogP contribution in [0.15, 0.2) is 9.85 Å². The minimum atomic E-state index is 0.0857. The highest BCUT2D eigenvalue weighted by molar-refractivity contribution is 9.11. The zero-order valence-electron chi connectivity index (χ0n) is 10.3. The van der Waals surface area contributed by atoms with Crippen LogP contribution in [0.4, 0.5) is 0 Å². The number of amides is 1. The van der Waals surface area contributed by atoms with Gasteiger partial charge in [-0.3, -0.25) is 4.79 Å². The third kappa shape index (κ3) is 3.10. The molecule has 2 unspecified atom stereocenters. The van der Waals surface area contributed by atoms with Crippen LogP contribution in [0.25, 0.3) is 0 Å². The number of thiophene rings is 1. The van der Waals surface area contributed by atoms with Crippen LogP contribution in [0.5, 0.6) is 0 Å². The van der Waals surface area contributed by atoms with Crippen molar-refractivity contribution < 1.29 is 4.79 Å². The molecule has 1 aliphatic rings. The maximum atomic E-state index is 12.1. The second kappa shape index (κ2) is 5.53. The molecule has 1 heterocycles. The third-order valence-electron chi connectivity index (χ3n) is 3.51. The Balaban J connectivity index is 2.01. The van der Waals surface area contributed by atoms with E-state index in [1.165, 1.54) is 30.6 Å². The molecule has 0 saturated heterocycles. The first kappa shape index (κ1) is 13.1. The smallest absolute Gasteiger partial charge is 0.261 e. The van der Waals surface area contributed by atoms with Gasteiger partial charge in [0.2, 0.25) is 0 Å². The number of hydrogen-bond donors (Lipinski definition) is 1. The molecule has 4 heteroatoms. The standard InChI is InChI=1S/C13H18BrNOS/c1-8-5-3-4-6-10(8)15-13(16)11-7-9(2)12(14)17-11/h7-8,10H,3-6H2,1-2H3,(H,15,16). The maximum absolute atomic E-state index is 12.1. The first-order chi connectivity index (χ1) is 8.08. The molecule has 2 rings (SSSR count). The van der Waals surface area contributed by atoms with Gasteiger partial charge in [-0.1, -0.05) is 19.8 Å². The van der Waals surface area contributed by atoms with Gasteiger partial charge in [-0.25, -0.2) is 0 Å². The average molecular weight is 316 g/mol. The van der Waals surface area contributed by atoms with Crippen molar-refractivity contribution in [3.8, 4) is 0 Å². The molecule has 17 heavy (non-hydrogen) atoms. The van der Waals surface area contributed by atoms with Crippen molar-refractivity contribution in [3.05, 3.63) is 20.3 Å². The Morgan fingerprint density at radius 1 is 1.47 bits per heavy atom. The van der Waals surface area contributed by atoms with Crippen molar-refractivity contribution in [1.82, 2.24) is 5.32 Å². The molecule has 1 fully saturated rings. The predicted octanol–water partition coefficient (Wildman–Crippen LogP) is 4.13. The van der Waals surface area contributed by atoms with Gasteiger partial charge in [-0.2, -0.15) is 0 Å². The lowest BCUT2D eigenvalue weighted by molar-refractivity contribution is 0.0914. The minimum Gasteiger partial charge on any atom is -0.348 e. The van der Waals surface area contributed by atoms with Gasteiger partial charge in [0.25, 0.3) is 5.91 Å². The molecule has 0 spiro atoms. The second-order valence-corrected chi connectivity index (χ2v) is 7.28. The molecular formula is C13H18BrNOS. The lowest BCUT2D eigenvalue weighted by Gasteiger charge is -2.29. The number of nitrogens with one attached hydrogen (secondary N) is 1. The molecule has 1 saturated carbocycles. The topological polar surface area (TPSA) is 29.1 Å². The summed E-state index contributed by atoms with van der Waals surface area (Å²) in [6.07, 6.45) is 4.90. The van der Waals surface area contributed by atoms with Crippen molar-refractivity contribution >= 4 is 33.2 Å². The summed E-state index contributed by atoms with van der Waals surface area (Å²) < 4.78 is 1.05. The Morgan fingerprint density at radius 2 is 2.18 bits per heavy atom. The van der Waals surface area contributed by atoms with Crippen molar-refractivity contribution in [1.29, 1.82) is 0 Å². The molecule has 0 aromatic carbocycles. The number of aryl methyl sites for hydroxylation is 1. The summed E-state index contributed by atoms with van der Waals surface area (Å²) in [6, 6.07) is 2.31. The summed E-state index contributed by atoms with van der Waals surface area (Å²) in [5, 5.41) is 3.18. The normalized spacial score (nSPS) is 24.6. The van der Waals surface area contributed by atoms with E-state index in [-0.39, 0.29) is 5.91 Å². The van der Waals surface area contributed by atoms with E-state index in [2.05, 4.69) is 28.2 Å². The van der Waals surface area contributed by atoms with Crippen LogP contribution in [0.2, 0.25) is 0 Å². The molecular weight excluding hydrogens is 298 g/mol. The zero-order chi connectivity index (χ0) is 12.4. The van der Waals surface area contributed by atoms with E-state index in [9.17, 15) is 4.79 Å². The summed E-state index contributed by atoms with van der Waals surface area (Å²) in [5.74, 6) is 0.694. The van der Waals surface area contributed by atoms with Crippen LogP contribution in [0.1, 0.15) is 47.8 Å². The van der Waals surface area contributed by atoms with Gasteiger partial charge >= 0.3 is 0 Å². The van der Waals surface area contributed by atoms with Crippen LogP contribution < -0.4 is 5.32 Å². The van der Waals surface area contributed by atoms with Crippen LogP contribution in [0.3, 0.4) is 0 Å². The Hall–Kier alpha value is -0.350. The largest absolute Gasteiger partial charge is 0.348 e.